The molecule has 28 heavy (non-hydrogen) atoms. The Morgan fingerprint density at radius 1 is 1.04 bits per heavy atom. The molecule has 3 aromatic rings. The van der Waals surface area contributed by atoms with Crippen LogP contribution in [0.4, 0.5) is 26.1 Å². The minimum Gasteiger partial charge on any atom is -0.495 e. The Balaban J connectivity index is 1.89. The van der Waals surface area contributed by atoms with Crippen molar-refractivity contribution < 1.29 is 18.3 Å². The van der Waals surface area contributed by atoms with E-state index >= 15 is 0 Å². The van der Waals surface area contributed by atoms with E-state index in [1.165, 1.54) is 19.2 Å². The topological polar surface area (TPSA) is 76.1 Å². The van der Waals surface area contributed by atoms with Crippen molar-refractivity contribution in [1.29, 1.82) is 0 Å². The number of methoxy groups -OCH3 is 1. The van der Waals surface area contributed by atoms with E-state index in [9.17, 15) is 13.6 Å². The summed E-state index contributed by atoms with van der Waals surface area (Å²) in [6, 6.07) is 10.3. The fourth-order valence-electron chi connectivity index (χ4n) is 2.58. The quantitative estimate of drug-likeness (QED) is 0.683. The van der Waals surface area contributed by atoms with E-state index in [1.54, 1.807) is 13.0 Å². The van der Waals surface area contributed by atoms with E-state index in [0.717, 1.165) is 17.7 Å². The summed E-state index contributed by atoms with van der Waals surface area (Å²) in [5.41, 5.74) is 1.55. The fraction of sp³-hybridized carbons (Fsp3) is 0.150. The number of halogens is 2. The van der Waals surface area contributed by atoms with Crippen LogP contribution in [0.2, 0.25) is 0 Å². The Labute approximate surface area is 160 Å². The predicted molar refractivity (Wildman–Crippen MR) is 102 cm³/mol. The normalized spacial score (nSPS) is 10.5. The monoisotopic (exact) mass is 384 g/mol. The first kappa shape index (κ1) is 19.2. The molecule has 1 amide bonds. The molecule has 2 N–H and O–H groups in total. The lowest BCUT2D eigenvalue weighted by Crippen LogP contribution is -2.17. The molecule has 0 spiro atoms. The highest BCUT2D eigenvalue weighted by molar-refractivity contribution is 6.03. The summed E-state index contributed by atoms with van der Waals surface area (Å²) in [4.78, 5) is 20.9. The molecule has 6 nitrogen and oxygen atoms in total. The summed E-state index contributed by atoms with van der Waals surface area (Å²) in [7, 11) is 1.54. The van der Waals surface area contributed by atoms with Gasteiger partial charge in [-0.15, -0.1) is 0 Å². The van der Waals surface area contributed by atoms with Crippen molar-refractivity contribution >= 4 is 23.2 Å². The third-order valence-electron chi connectivity index (χ3n) is 3.89. The van der Waals surface area contributed by atoms with Gasteiger partial charge in [-0.3, -0.25) is 4.79 Å². The van der Waals surface area contributed by atoms with Crippen LogP contribution < -0.4 is 15.4 Å². The minimum absolute atomic E-state index is 0.0377. The first-order valence-corrected chi connectivity index (χ1v) is 8.40. The molecule has 0 aliphatic rings. The van der Waals surface area contributed by atoms with Gasteiger partial charge in [0.05, 0.1) is 12.8 Å². The SMILES string of the molecule is COc1ccc(C)cc1Nc1nc(C)cc(C(=O)Nc2c(F)cccc2F)n1. The molecule has 0 saturated carbocycles. The predicted octanol–water partition coefficient (Wildman–Crippen LogP) is 4.38. The largest absolute Gasteiger partial charge is 0.495 e. The van der Waals surface area contributed by atoms with Gasteiger partial charge in [-0.2, -0.15) is 0 Å². The Bertz CT molecular complexity index is 1020. The molecule has 8 heteroatoms. The van der Waals surface area contributed by atoms with Crippen LogP contribution in [0.15, 0.2) is 42.5 Å². The van der Waals surface area contributed by atoms with Crippen molar-refractivity contribution in [2.75, 3.05) is 17.7 Å². The Kier molecular flexibility index (Phi) is 5.49. The summed E-state index contributed by atoms with van der Waals surface area (Å²) < 4.78 is 32.9. The van der Waals surface area contributed by atoms with Crippen LogP contribution in [-0.4, -0.2) is 23.0 Å². The van der Waals surface area contributed by atoms with Crippen molar-refractivity contribution in [2.45, 2.75) is 13.8 Å². The lowest BCUT2D eigenvalue weighted by Gasteiger charge is -2.12. The van der Waals surface area contributed by atoms with Gasteiger partial charge >= 0.3 is 0 Å². The van der Waals surface area contributed by atoms with Gasteiger partial charge < -0.3 is 15.4 Å². The second-order valence-electron chi connectivity index (χ2n) is 6.10. The number of aryl methyl sites for hydroxylation is 2. The average Bonchev–Trinajstić information content (AvgIpc) is 2.64. The highest BCUT2D eigenvalue weighted by Gasteiger charge is 2.16. The van der Waals surface area contributed by atoms with E-state index < -0.39 is 23.2 Å². The maximum absolute atomic E-state index is 13.8. The molecule has 0 fully saturated rings. The summed E-state index contributed by atoms with van der Waals surface area (Å²) in [5.74, 6) is -1.77. The van der Waals surface area contributed by atoms with Crippen LogP contribution in [0.5, 0.6) is 5.75 Å². The smallest absolute Gasteiger partial charge is 0.274 e. The zero-order valence-corrected chi connectivity index (χ0v) is 15.5. The zero-order chi connectivity index (χ0) is 20.3. The van der Waals surface area contributed by atoms with Gasteiger partial charge in [0.1, 0.15) is 28.8 Å². The molecule has 0 aliphatic heterocycles. The summed E-state index contributed by atoms with van der Waals surface area (Å²) >= 11 is 0. The molecule has 0 atom stereocenters. The van der Waals surface area contributed by atoms with Gasteiger partial charge in [-0.25, -0.2) is 18.7 Å². The van der Waals surface area contributed by atoms with Gasteiger partial charge in [0.25, 0.3) is 5.91 Å². The standard InChI is InChI=1S/C20H18F2N4O2/c1-11-7-8-17(28-3)15(9-11)24-20-23-12(2)10-16(25-20)19(27)26-18-13(21)5-4-6-14(18)22/h4-10H,1-3H3,(H,26,27)(H,23,24,25). The fourth-order valence-corrected chi connectivity index (χ4v) is 2.58. The summed E-state index contributed by atoms with van der Waals surface area (Å²) in [6.45, 7) is 3.60. The zero-order valence-electron chi connectivity index (χ0n) is 15.5. The lowest BCUT2D eigenvalue weighted by atomic mass is 10.2. The van der Waals surface area contributed by atoms with Gasteiger partial charge in [0.15, 0.2) is 0 Å². The molecule has 0 unspecified atom stereocenters. The van der Waals surface area contributed by atoms with Crippen LogP contribution in [0, 0.1) is 25.5 Å². The number of carbonyl (C=O) groups is 1. The average molecular weight is 384 g/mol. The second-order valence-corrected chi connectivity index (χ2v) is 6.10. The minimum atomic E-state index is -0.873. The molecule has 0 bridgehead atoms. The number of aromatic nitrogens is 2. The molecule has 0 aliphatic carbocycles. The van der Waals surface area contributed by atoms with Gasteiger partial charge in [-0.1, -0.05) is 12.1 Å². The number of benzene rings is 2. The summed E-state index contributed by atoms with van der Waals surface area (Å²) in [5, 5.41) is 5.22. The Morgan fingerprint density at radius 2 is 1.75 bits per heavy atom. The number of ether oxygens (including phenoxy) is 1. The number of hydrogen-bond acceptors (Lipinski definition) is 5. The van der Waals surface area contributed by atoms with Crippen molar-refractivity contribution in [1.82, 2.24) is 9.97 Å². The maximum atomic E-state index is 13.8. The van der Waals surface area contributed by atoms with Crippen molar-refractivity contribution in [3.05, 3.63) is 71.1 Å². The molecule has 0 saturated heterocycles. The second kappa shape index (κ2) is 7.99. The van der Waals surface area contributed by atoms with Gasteiger partial charge in [0, 0.05) is 5.69 Å². The van der Waals surface area contributed by atoms with Crippen molar-refractivity contribution in [3.63, 3.8) is 0 Å². The van der Waals surface area contributed by atoms with Crippen LogP contribution in [0.1, 0.15) is 21.7 Å². The third-order valence-corrected chi connectivity index (χ3v) is 3.89. The Morgan fingerprint density at radius 3 is 2.43 bits per heavy atom. The molecule has 144 valence electrons. The maximum Gasteiger partial charge on any atom is 0.274 e. The van der Waals surface area contributed by atoms with Gasteiger partial charge in [0.2, 0.25) is 5.95 Å². The lowest BCUT2D eigenvalue weighted by molar-refractivity contribution is 0.102. The molecular weight excluding hydrogens is 366 g/mol. The van der Waals surface area contributed by atoms with Gasteiger partial charge in [-0.05, 0) is 49.7 Å². The number of hydrogen-bond donors (Lipinski definition) is 2. The molecular formula is C20H18F2N4O2. The Hall–Kier alpha value is -3.55. The van der Waals surface area contributed by atoms with E-state index in [4.69, 9.17) is 4.74 Å². The molecule has 2 aromatic carbocycles. The van der Waals surface area contributed by atoms with Crippen LogP contribution in [0.3, 0.4) is 0 Å². The molecule has 0 radical (unpaired) electrons. The van der Waals surface area contributed by atoms with Crippen LogP contribution >= 0.6 is 0 Å². The number of para-hydroxylation sites is 1. The van der Waals surface area contributed by atoms with E-state index in [0.29, 0.717) is 17.1 Å². The van der Waals surface area contributed by atoms with E-state index in [1.807, 2.05) is 19.1 Å². The number of rotatable bonds is 5. The third kappa shape index (κ3) is 4.22. The van der Waals surface area contributed by atoms with E-state index in [-0.39, 0.29) is 11.6 Å². The number of nitrogens with one attached hydrogen (secondary N) is 2. The summed E-state index contributed by atoms with van der Waals surface area (Å²) in [6.07, 6.45) is 0. The molecule has 3 rings (SSSR count). The van der Waals surface area contributed by atoms with Crippen molar-refractivity contribution in [3.8, 4) is 5.75 Å². The highest BCUT2D eigenvalue weighted by Crippen LogP contribution is 2.27. The first-order valence-electron chi connectivity index (χ1n) is 8.40. The number of amides is 1. The number of anilines is 3. The van der Waals surface area contributed by atoms with Crippen LogP contribution in [0.25, 0.3) is 0 Å². The molecule has 1 heterocycles. The highest BCUT2D eigenvalue weighted by atomic mass is 19.1. The molecule has 1 aromatic heterocycles. The van der Waals surface area contributed by atoms with Crippen LogP contribution in [-0.2, 0) is 0 Å². The number of nitrogens with zero attached hydrogens (tertiary/aromatic N) is 2. The van der Waals surface area contributed by atoms with E-state index in [2.05, 4.69) is 20.6 Å². The number of carbonyl (C=O) groups excluding carboxylic acids is 1. The van der Waals surface area contributed by atoms with Crippen molar-refractivity contribution in [2.24, 2.45) is 0 Å². The first-order chi connectivity index (χ1) is 13.4.